The number of piperazine rings is 1. The van der Waals surface area contributed by atoms with Crippen LogP contribution in [-0.4, -0.2) is 61.1 Å². The van der Waals surface area contributed by atoms with Crippen LogP contribution in [-0.2, 0) is 16.2 Å². The Hall–Kier alpha value is -1.89. The van der Waals surface area contributed by atoms with E-state index in [9.17, 15) is 26.4 Å². The number of nitrogens with zero attached hydrogens (tertiary/aromatic N) is 3. The maximum atomic E-state index is 13.1. The first-order valence-corrected chi connectivity index (χ1v) is 11.4. The number of amides is 1. The van der Waals surface area contributed by atoms with Gasteiger partial charge in [-0.05, 0) is 36.7 Å². The van der Waals surface area contributed by atoms with Crippen molar-refractivity contribution in [1.29, 1.82) is 0 Å². The fourth-order valence-corrected chi connectivity index (χ4v) is 5.52. The predicted molar refractivity (Wildman–Crippen MR) is 108 cm³/mol. The lowest BCUT2D eigenvalue weighted by Crippen LogP contribution is -2.50. The third kappa shape index (κ3) is 4.27. The average molecular weight is 483 g/mol. The summed E-state index contributed by atoms with van der Waals surface area (Å²) in [5, 5.41) is 2.96. The van der Waals surface area contributed by atoms with Crippen LogP contribution < -0.4 is 5.32 Å². The Kier molecular flexibility index (Phi) is 6.33. The van der Waals surface area contributed by atoms with E-state index in [1.807, 2.05) is 0 Å². The van der Waals surface area contributed by atoms with E-state index in [0.717, 1.165) is 28.0 Å². The van der Waals surface area contributed by atoms with Crippen LogP contribution in [0.4, 0.5) is 18.2 Å². The molecule has 1 amide bonds. The summed E-state index contributed by atoms with van der Waals surface area (Å²) in [4.78, 5) is 13.8. The number of alkyl halides is 3. The van der Waals surface area contributed by atoms with Gasteiger partial charge >= 0.3 is 6.18 Å². The van der Waals surface area contributed by atoms with Crippen LogP contribution >= 0.6 is 23.1 Å². The molecule has 3 rings (SSSR count). The Bertz CT molecular complexity index is 1060. The summed E-state index contributed by atoms with van der Waals surface area (Å²) in [6.45, 7) is 1.85. The normalized spacial score (nSPS) is 16.0. The van der Waals surface area contributed by atoms with Gasteiger partial charge < -0.3 is 10.2 Å². The van der Waals surface area contributed by atoms with Gasteiger partial charge in [0.25, 0.3) is 5.91 Å². The molecule has 1 saturated heterocycles. The van der Waals surface area contributed by atoms with Crippen LogP contribution in [0.5, 0.6) is 0 Å². The van der Waals surface area contributed by atoms with Crippen LogP contribution in [0.3, 0.4) is 0 Å². The fraction of sp³-hybridized carbons (Fsp3) is 0.412. The summed E-state index contributed by atoms with van der Waals surface area (Å²) in [7, 11) is -2.50. The van der Waals surface area contributed by atoms with Gasteiger partial charge in [-0.15, -0.1) is 0 Å². The zero-order valence-corrected chi connectivity index (χ0v) is 18.3. The van der Waals surface area contributed by atoms with Gasteiger partial charge in [-0.25, -0.2) is 8.42 Å². The summed E-state index contributed by atoms with van der Waals surface area (Å²) < 4.78 is 70.1. The number of nitrogens with one attached hydrogen (secondary N) is 1. The van der Waals surface area contributed by atoms with Gasteiger partial charge in [-0.2, -0.15) is 21.9 Å². The Labute approximate surface area is 180 Å². The third-order valence-electron chi connectivity index (χ3n) is 4.71. The monoisotopic (exact) mass is 482 g/mol. The topological polar surface area (TPSA) is 82.6 Å². The van der Waals surface area contributed by atoms with Crippen molar-refractivity contribution < 1.29 is 26.4 Å². The van der Waals surface area contributed by atoms with Gasteiger partial charge in [-0.1, -0.05) is 11.6 Å². The third-order valence-corrected chi connectivity index (χ3v) is 7.89. The molecule has 0 saturated carbocycles. The lowest BCUT2D eigenvalue weighted by atomic mass is 10.2. The van der Waals surface area contributed by atoms with Crippen molar-refractivity contribution in [2.24, 2.45) is 0 Å². The smallest absolute Gasteiger partial charge is 0.378 e. The molecule has 2 heterocycles. The molecule has 0 unspecified atom stereocenters. The van der Waals surface area contributed by atoms with Crippen molar-refractivity contribution in [2.45, 2.75) is 18.0 Å². The van der Waals surface area contributed by atoms with Gasteiger partial charge in [0.2, 0.25) is 10.0 Å². The second-order valence-electron chi connectivity index (χ2n) is 6.56. The molecule has 0 radical (unpaired) electrons. The van der Waals surface area contributed by atoms with Crippen LogP contribution in [0.1, 0.15) is 21.6 Å². The fourth-order valence-electron chi connectivity index (χ4n) is 3.11. The second kappa shape index (κ2) is 8.33. The molecule has 7 nitrogen and oxygen atoms in total. The van der Waals surface area contributed by atoms with Gasteiger partial charge in [0, 0.05) is 33.2 Å². The van der Waals surface area contributed by atoms with Gasteiger partial charge in [0.05, 0.1) is 26.7 Å². The first-order valence-electron chi connectivity index (χ1n) is 8.77. The number of carbonyl (C=O) groups excluding carboxylic acids is 1. The van der Waals surface area contributed by atoms with E-state index >= 15 is 0 Å². The summed E-state index contributed by atoms with van der Waals surface area (Å²) in [6.07, 6.45) is -4.77. The van der Waals surface area contributed by atoms with E-state index in [2.05, 4.69) is 9.69 Å². The van der Waals surface area contributed by atoms with E-state index < -0.39 is 31.7 Å². The molecule has 1 aliphatic rings. The maximum absolute atomic E-state index is 13.1. The van der Waals surface area contributed by atoms with Gasteiger partial charge in [0.15, 0.2) is 0 Å². The highest BCUT2D eigenvalue weighted by atomic mass is 35.5. The summed E-state index contributed by atoms with van der Waals surface area (Å²) in [5.74, 6) is -0.270. The summed E-state index contributed by atoms with van der Waals surface area (Å²) in [6, 6.07) is 2.50. The van der Waals surface area contributed by atoms with Crippen molar-refractivity contribution in [3.8, 4) is 0 Å². The highest BCUT2D eigenvalue weighted by Gasteiger charge is 2.37. The van der Waals surface area contributed by atoms with Crippen molar-refractivity contribution in [1.82, 2.24) is 13.6 Å². The standard InChI is InChI=1S/C17H18ClF3N4O3S2/c1-10-14(15(22-2)29-23-10)16(26)24-5-7-25(8-6-24)30(27,28)11-3-4-13(18)12(9-11)17(19,20)21/h3-4,9,22H,5-8H2,1-2H3. The number of rotatable bonds is 4. The van der Waals surface area contributed by atoms with Crippen LogP contribution in [0, 0.1) is 6.92 Å². The largest absolute Gasteiger partial charge is 0.417 e. The van der Waals surface area contributed by atoms with Crippen LogP contribution in [0.25, 0.3) is 0 Å². The summed E-state index contributed by atoms with van der Waals surface area (Å²) in [5.41, 5.74) is -0.198. The second-order valence-corrected chi connectivity index (χ2v) is 9.68. The lowest BCUT2D eigenvalue weighted by molar-refractivity contribution is -0.137. The Morgan fingerprint density at radius 2 is 1.87 bits per heavy atom. The lowest BCUT2D eigenvalue weighted by Gasteiger charge is -2.34. The zero-order valence-electron chi connectivity index (χ0n) is 16.0. The molecular formula is C17H18ClF3N4O3S2. The average Bonchev–Trinajstić information content (AvgIpc) is 3.07. The molecule has 1 aromatic carbocycles. The molecule has 1 fully saturated rings. The Balaban J connectivity index is 1.77. The quantitative estimate of drug-likeness (QED) is 0.723. The Morgan fingerprint density at radius 3 is 2.43 bits per heavy atom. The minimum absolute atomic E-state index is 0.0381. The van der Waals surface area contributed by atoms with Gasteiger partial charge in [0.1, 0.15) is 5.00 Å². The minimum Gasteiger partial charge on any atom is -0.378 e. The highest BCUT2D eigenvalue weighted by Crippen LogP contribution is 2.36. The molecule has 0 aliphatic carbocycles. The van der Waals surface area contributed by atoms with Crippen molar-refractivity contribution in [3.05, 3.63) is 40.0 Å². The zero-order chi connectivity index (χ0) is 22.3. The molecule has 1 aliphatic heterocycles. The van der Waals surface area contributed by atoms with Crippen molar-refractivity contribution in [3.63, 3.8) is 0 Å². The molecule has 0 bridgehead atoms. The molecule has 0 atom stereocenters. The summed E-state index contributed by atoms with van der Waals surface area (Å²) >= 11 is 6.73. The molecule has 2 aromatic rings. The first kappa shape index (κ1) is 22.8. The first-order chi connectivity index (χ1) is 14.0. The van der Waals surface area contributed by atoms with E-state index in [1.165, 1.54) is 4.90 Å². The number of carbonyl (C=O) groups is 1. The molecule has 30 heavy (non-hydrogen) atoms. The van der Waals surface area contributed by atoms with E-state index in [1.54, 1.807) is 14.0 Å². The van der Waals surface area contributed by atoms with Crippen molar-refractivity contribution in [2.75, 3.05) is 38.5 Å². The number of hydrogen-bond donors (Lipinski definition) is 1. The molecule has 1 aromatic heterocycles. The highest BCUT2D eigenvalue weighted by molar-refractivity contribution is 7.89. The number of sulfonamides is 1. The SMILES string of the molecule is CNc1snc(C)c1C(=O)N1CCN(S(=O)(=O)c2ccc(Cl)c(C(F)(F)F)c2)CC1. The van der Waals surface area contributed by atoms with E-state index in [0.29, 0.717) is 22.3 Å². The van der Waals surface area contributed by atoms with Crippen molar-refractivity contribution >= 4 is 44.1 Å². The molecule has 13 heteroatoms. The van der Waals surface area contributed by atoms with Gasteiger partial charge in [-0.3, -0.25) is 4.79 Å². The van der Waals surface area contributed by atoms with E-state index in [4.69, 9.17) is 11.6 Å². The van der Waals surface area contributed by atoms with Crippen LogP contribution in [0.15, 0.2) is 23.1 Å². The minimum atomic E-state index is -4.77. The number of benzene rings is 1. The number of anilines is 1. The number of aryl methyl sites for hydroxylation is 1. The number of halogens is 4. The number of aromatic nitrogens is 1. The van der Waals surface area contributed by atoms with E-state index in [-0.39, 0.29) is 32.1 Å². The maximum Gasteiger partial charge on any atom is 0.417 e. The molecule has 1 N–H and O–H groups in total. The Morgan fingerprint density at radius 1 is 1.23 bits per heavy atom. The molecule has 164 valence electrons. The molecule has 0 spiro atoms. The molecular weight excluding hydrogens is 465 g/mol. The van der Waals surface area contributed by atoms with Crippen LogP contribution in [0.2, 0.25) is 5.02 Å². The predicted octanol–water partition coefficient (Wildman–Crippen LogP) is 3.31. The number of hydrogen-bond acceptors (Lipinski definition) is 6.